The lowest BCUT2D eigenvalue weighted by molar-refractivity contribution is -0.144. The Morgan fingerprint density at radius 1 is 1.29 bits per heavy atom. The molecule has 1 aromatic carbocycles. The van der Waals surface area contributed by atoms with Gasteiger partial charge in [-0.3, -0.25) is 4.79 Å². The van der Waals surface area contributed by atoms with Crippen LogP contribution in [0.4, 0.5) is 13.2 Å². The van der Waals surface area contributed by atoms with E-state index in [1.54, 1.807) is 6.92 Å². The molecule has 0 aromatic heterocycles. The summed E-state index contributed by atoms with van der Waals surface area (Å²) in [7, 11) is 1.32. The molecule has 1 atom stereocenters. The summed E-state index contributed by atoms with van der Waals surface area (Å²) in [4.78, 5) is 11.3. The minimum absolute atomic E-state index is 0.0940. The Labute approximate surface area is 124 Å². The number of halogens is 4. The van der Waals surface area contributed by atoms with Gasteiger partial charge in [0.05, 0.1) is 17.4 Å². The number of nitrogens with one attached hydrogen (secondary N) is 1. The van der Waals surface area contributed by atoms with Crippen molar-refractivity contribution in [1.29, 1.82) is 0 Å². The maximum atomic E-state index is 12.0. The molecule has 9 heteroatoms. The molecule has 118 valence electrons. The molecule has 0 bridgehead atoms. The van der Waals surface area contributed by atoms with Crippen molar-refractivity contribution in [2.75, 3.05) is 0 Å². The van der Waals surface area contributed by atoms with Gasteiger partial charge >= 0.3 is 6.18 Å². The number of hydrogen-bond acceptors (Lipinski definition) is 3. The minimum atomic E-state index is -4.38. The van der Waals surface area contributed by atoms with E-state index in [1.807, 2.05) is 0 Å². The van der Waals surface area contributed by atoms with E-state index in [0.29, 0.717) is 5.56 Å². The highest BCUT2D eigenvalue weighted by Gasteiger charge is 2.28. The van der Waals surface area contributed by atoms with E-state index in [9.17, 15) is 26.4 Å². The lowest BCUT2D eigenvalue weighted by Gasteiger charge is -2.15. The molecule has 0 aliphatic heterocycles. The fraction of sp³-hybridized carbons (Fsp3) is 0.417. The predicted molar refractivity (Wildman–Crippen MR) is 71.3 cm³/mol. The summed E-state index contributed by atoms with van der Waals surface area (Å²) in [5.74, 6) is -0.728. The molecule has 0 saturated carbocycles. The molecule has 1 unspecified atom stereocenters. The van der Waals surface area contributed by atoms with Crippen LogP contribution >= 0.6 is 10.7 Å². The topological polar surface area (TPSA) is 63.2 Å². The molecule has 1 N–H and O–H groups in total. The smallest absolute Gasteiger partial charge is 0.350 e. The largest absolute Gasteiger partial charge is 0.389 e. The third kappa shape index (κ3) is 6.34. The van der Waals surface area contributed by atoms with E-state index in [0.717, 1.165) is 0 Å². The summed E-state index contributed by atoms with van der Waals surface area (Å²) < 4.78 is 58.1. The van der Waals surface area contributed by atoms with Crippen molar-refractivity contribution in [3.05, 3.63) is 29.8 Å². The molecule has 1 rings (SSSR count). The molecule has 0 fully saturated rings. The Morgan fingerprint density at radius 3 is 2.24 bits per heavy atom. The number of alkyl halides is 3. The quantitative estimate of drug-likeness (QED) is 0.835. The van der Waals surface area contributed by atoms with Crippen LogP contribution in [0.1, 0.15) is 31.4 Å². The summed E-state index contributed by atoms with van der Waals surface area (Å²) in [5.41, 5.74) is 0.555. The Morgan fingerprint density at radius 2 is 1.81 bits per heavy atom. The zero-order chi connectivity index (χ0) is 16.3. The van der Waals surface area contributed by atoms with E-state index >= 15 is 0 Å². The fourth-order valence-electron chi connectivity index (χ4n) is 1.57. The van der Waals surface area contributed by atoms with Gasteiger partial charge in [-0.1, -0.05) is 12.1 Å². The molecule has 0 radical (unpaired) electrons. The summed E-state index contributed by atoms with van der Waals surface area (Å²) in [6, 6.07) is 4.85. The normalized spacial score (nSPS) is 13.8. The van der Waals surface area contributed by atoms with E-state index in [2.05, 4.69) is 5.32 Å². The standard InChI is InChI=1S/C12H13ClF3NO3S/c1-8(17-11(18)6-7-12(14,15)16)9-2-4-10(5-3-9)21(13,19)20/h2-5,8H,6-7H2,1H3,(H,17,18). The third-order valence-corrected chi connectivity index (χ3v) is 4.04. The number of amides is 1. The second kappa shape index (κ2) is 6.65. The summed E-state index contributed by atoms with van der Waals surface area (Å²) >= 11 is 0. The molecule has 0 aliphatic carbocycles. The van der Waals surface area contributed by atoms with Gasteiger partial charge in [0.2, 0.25) is 5.91 Å². The number of hydrogen-bond donors (Lipinski definition) is 1. The van der Waals surface area contributed by atoms with Crippen molar-refractivity contribution in [2.24, 2.45) is 0 Å². The Hall–Kier alpha value is -1.28. The Kier molecular flexibility index (Phi) is 5.63. The molecule has 0 spiro atoms. The number of carbonyl (C=O) groups excluding carboxylic acids is 1. The van der Waals surface area contributed by atoms with Crippen molar-refractivity contribution < 1.29 is 26.4 Å². The van der Waals surface area contributed by atoms with Crippen LogP contribution in [0.5, 0.6) is 0 Å². The summed E-state index contributed by atoms with van der Waals surface area (Å²) in [6.45, 7) is 1.58. The highest BCUT2D eigenvalue weighted by Crippen LogP contribution is 2.22. The van der Waals surface area contributed by atoms with Gasteiger partial charge in [0.1, 0.15) is 0 Å². The lowest BCUT2D eigenvalue weighted by Crippen LogP contribution is -2.27. The van der Waals surface area contributed by atoms with Crippen LogP contribution in [-0.4, -0.2) is 20.5 Å². The zero-order valence-electron chi connectivity index (χ0n) is 10.9. The first-order valence-corrected chi connectivity index (χ1v) is 8.21. The summed E-state index contributed by atoms with van der Waals surface area (Å²) in [6.07, 6.45) is -6.21. The van der Waals surface area contributed by atoms with Gasteiger partial charge in [0, 0.05) is 17.1 Å². The second-order valence-electron chi connectivity index (χ2n) is 4.41. The lowest BCUT2D eigenvalue weighted by atomic mass is 10.1. The molecule has 0 saturated heterocycles. The summed E-state index contributed by atoms with van der Waals surface area (Å²) in [5, 5.41) is 2.41. The van der Waals surface area contributed by atoms with Crippen LogP contribution in [-0.2, 0) is 13.8 Å². The monoisotopic (exact) mass is 343 g/mol. The SMILES string of the molecule is CC(NC(=O)CCC(F)(F)F)c1ccc(S(=O)(=O)Cl)cc1. The number of benzene rings is 1. The van der Waals surface area contributed by atoms with Crippen LogP contribution in [0.15, 0.2) is 29.2 Å². The predicted octanol–water partition coefficient (Wildman–Crippen LogP) is 3.13. The third-order valence-electron chi connectivity index (χ3n) is 2.67. The number of rotatable bonds is 5. The maximum absolute atomic E-state index is 12.0. The molecule has 21 heavy (non-hydrogen) atoms. The Balaban J connectivity index is 2.64. The van der Waals surface area contributed by atoms with Crippen LogP contribution < -0.4 is 5.32 Å². The number of carbonyl (C=O) groups is 1. The van der Waals surface area contributed by atoms with Gasteiger partial charge in [-0.05, 0) is 24.6 Å². The highest BCUT2D eigenvalue weighted by molar-refractivity contribution is 8.13. The molecule has 1 aromatic rings. The van der Waals surface area contributed by atoms with Crippen LogP contribution in [0.3, 0.4) is 0 Å². The van der Waals surface area contributed by atoms with Gasteiger partial charge in [-0.15, -0.1) is 0 Å². The van der Waals surface area contributed by atoms with Crippen molar-refractivity contribution in [3.8, 4) is 0 Å². The van der Waals surface area contributed by atoms with Gasteiger partial charge in [0.15, 0.2) is 0 Å². The molecule has 0 aliphatic rings. The van der Waals surface area contributed by atoms with Gasteiger partial charge in [-0.25, -0.2) is 8.42 Å². The Bertz CT molecular complexity index is 599. The van der Waals surface area contributed by atoms with Crippen molar-refractivity contribution in [3.63, 3.8) is 0 Å². The average molecular weight is 344 g/mol. The molecule has 0 heterocycles. The zero-order valence-corrected chi connectivity index (χ0v) is 12.5. The van der Waals surface area contributed by atoms with E-state index < -0.39 is 40.0 Å². The van der Waals surface area contributed by atoms with E-state index in [4.69, 9.17) is 10.7 Å². The van der Waals surface area contributed by atoms with Crippen molar-refractivity contribution in [1.82, 2.24) is 5.32 Å². The minimum Gasteiger partial charge on any atom is -0.350 e. The van der Waals surface area contributed by atoms with Crippen molar-refractivity contribution >= 4 is 25.6 Å². The first-order chi connectivity index (χ1) is 9.49. The van der Waals surface area contributed by atoms with Crippen LogP contribution in [0, 0.1) is 0 Å². The van der Waals surface area contributed by atoms with E-state index in [-0.39, 0.29) is 4.90 Å². The first-order valence-electron chi connectivity index (χ1n) is 5.90. The molecule has 1 amide bonds. The molecular formula is C12H13ClF3NO3S. The van der Waals surface area contributed by atoms with Gasteiger partial charge in [-0.2, -0.15) is 13.2 Å². The van der Waals surface area contributed by atoms with Crippen LogP contribution in [0.2, 0.25) is 0 Å². The highest BCUT2D eigenvalue weighted by atomic mass is 35.7. The van der Waals surface area contributed by atoms with Gasteiger partial charge in [0.25, 0.3) is 9.05 Å². The van der Waals surface area contributed by atoms with Crippen LogP contribution in [0.25, 0.3) is 0 Å². The second-order valence-corrected chi connectivity index (χ2v) is 6.98. The average Bonchev–Trinajstić information content (AvgIpc) is 2.34. The first kappa shape index (κ1) is 17.8. The van der Waals surface area contributed by atoms with Gasteiger partial charge < -0.3 is 5.32 Å². The van der Waals surface area contributed by atoms with Crippen molar-refractivity contribution in [2.45, 2.75) is 36.9 Å². The maximum Gasteiger partial charge on any atom is 0.389 e. The fourth-order valence-corrected chi connectivity index (χ4v) is 2.34. The molecular weight excluding hydrogens is 331 g/mol. The van der Waals surface area contributed by atoms with E-state index in [1.165, 1.54) is 24.3 Å². The molecule has 4 nitrogen and oxygen atoms in total.